The van der Waals surface area contributed by atoms with Gasteiger partial charge in [-0.3, -0.25) is 4.79 Å². The van der Waals surface area contributed by atoms with Gasteiger partial charge in [-0.15, -0.1) is 0 Å². The van der Waals surface area contributed by atoms with E-state index in [4.69, 9.17) is 0 Å². The van der Waals surface area contributed by atoms with Crippen LogP contribution in [0.5, 0.6) is 0 Å². The predicted molar refractivity (Wildman–Crippen MR) is 67.1 cm³/mol. The Morgan fingerprint density at radius 3 is 2.65 bits per heavy atom. The van der Waals surface area contributed by atoms with Gasteiger partial charge < -0.3 is 10.6 Å². The quantitative estimate of drug-likeness (QED) is 0.873. The standard InChI is InChI=1S/C14H15F3N2O/c15-14(16,17)13(5-6-13)19-12(20)11-8-18-7-9-3-1-2-4-10(9)11/h1-4,11,18H,5-8H2,(H,19,20). The zero-order chi connectivity index (χ0) is 14.4. The summed E-state index contributed by atoms with van der Waals surface area (Å²) < 4.78 is 38.7. The SMILES string of the molecule is O=C(NC1(C(F)(F)F)CC1)C1CNCc2ccccc21. The van der Waals surface area contributed by atoms with Gasteiger partial charge >= 0.3 is 6.18 Å². The molecule has 1 atom stereocenters. The van der Waals surface area contributed by atoms with E-state index >= 15 is 0 Å². The molecule has 1 heterocycles. The van der Waals surface area contributed by atoms with E-state index in [2.05, 4.69) is 10.6 Å². The topological polar surface area (TPSA) is 41.1 Å². The number of hydrogen-bond acceptors (Lipinski definition) is 2. The lowest BCUT2D eigenvalue weighted by Gasteiger charge is -2.28. The van der Waals surface area contributed by atoms with Crippen LogP contribution in [0.3, 0.4) is 0 Å². The molecule has 2 aliphatic rings. The molecule has 6 heteroatoms. The van der Waals surface area contributed by atoms with Gasteiger partial charge in [-0.2, -0.15) is 13.2 Å². The van der Waals surface area contributed by atoms with Crippen molar-refractivity contribution >= 4 is 5.91 Å². The Kier molecular flexibility index (Phi) is 3.01. The maximum absolute atomic E-state index is 12.9. The molecule has 108 valence electrons. The number of carbonyl (C=O) groups excluding carboxylic acids is 1. The molecule has 1 aromatic rings. The second-order valence-corrected chi connectivity index (χ2v) is 5.45. The number of benzene rings is 1. The lowest BCUT2D eigenvalue weighted by molar-refractivity contribution is -0.170. The van der Waals surface area contributed by atoms with Gasteiger partial charge in [0, 0.05) is 13.1 Å². The number of carbonyl (C=O) groups is 1. The molecule has 1 fully saturated rings. The van der Waals surface area contributed by atoms with E-state index in [-0.39, 0.29) is 12.8 Å². The van der Waals surface area contributed by atoms with E-state index in [9.17, 15) is 18.0 Å². The molecular formula is C14H15F3N2O. The Labute approximate surface area is 114 Å². The highest BCUT2D eigenvalue weighted by Crippen LogP contribution is 2.49. The molecule has 1 unspecified atom stereocenters. The molecule has 1 aromatic carbocycles. The normalized spacial score (nSPS) is 23.9. The van der Waals surface area contributed by atoms with Crippen molar-refractivity contribution in [3.8, 4) is 0 Å². The van der Waals surface area contributed by atoms with Crippen molar-refractivity contribution in [1.29, 1.82) is 0 Å². The van der Waals surface area contributed by atoms with Crippen LogP contribution in [0, 0.1) is 0 Å². The first-order valence-corrected chi connectivity index (χ1v) is 6.60. The van der Waals surface area contributed by atoms with E-state index in [1.807, 2.05) is 18.2 Å². The summed E-state index contributed by atoms with van der Waals surface area (Å²) in [5.41, 5.74) is -0.200. The van der Waals surface area contributed by atoms with Crippen LogP contribution in [0.25, 0.3) is 0 Å². The fraction of sp³-hybridized carbons (Fsp3) is 0.500. The first kappa shape index (κ1) is 13.4. The van der Waals surface area contributed by atoms with Crippen molar-refractivity contribution in [1.82, 2.24) is 10.6 Å². The average molecular weight is 284 g/mol. The molecular weight excluding hydrogens is 269 g/mol. The highest BCUT2D eigenvalue weighted by atomic mass is 19.4. The van der Waals surface area contributed by atoms with Gasteiger partial charge in [0.15, 0.2) is 0 Å². The van der Waals surface area contributed by atoms with Gasteiger partial charge in [-0.05, 0) is 24.0 Å². The van der Waals surface area contributed by atoms with Gasteiger partial charge in [0.2, 0.25) is 5.91 Å². The number of amides is 1. The minimum Gasteiger partial charge on any atom is -0.341 e. The van der Waals surface area contributed by atoms with E-state index in [1.165, 1.54) is 0 Å². The summed E-state index contributed by atoms with van der Waals surface area (Å²) in [5.74, 6) is -1.10. The third kappa shape index (κ3) is 2.18. The summed E-state index contributed by atoms with van der Waals surface area (Å²) in [7, 11) is 0. The molecule has 20 heavy (non-hydrogen) atoms. The lowest BCUT2D eigenvalue weighted by Crippen LogP contribution is -2.51. The van der Waals surface area contributed by atoms with Gasteiger partial charge in [0.1, 0.15) is 5.54 Å². The first-order chi connectivity index (χ1) is 9.43. The average Bonchev–Trinajstić information content (AvgIpc) is 3.18. The Hall–Kier alpha value is -1.56. The second-order valence-electron chi connectivity index (χ2n) is 5.45. The van der Waals surface area contributed by atoms with Crippen molar-refractivity contribution in [2.24, 2.45) is 0 Å². The summed E-state index contributed by atoms with van der Waals surface area (Å²) in [6.45, 7) is 1.02. The summed E-state index contributed by atoms with van der Waals surface area (Å²) in [6.07, 6.45) is -4.42. The minimum atomic E-state index is -4.37. The molecule has 1 saturated carbocycles. The zero-order valence-electron chi connectivity index (χ0n) is 10.8. The van der Waals surface area contributed by atoms with Gasteiger partial charge in [-0.25, -0.2) is 0 Å². The van der Waals surface area contributed by atoms with Crippen LogP contribution in [0.4, 0.5) is 13.2 Å². The molecule has 0 bridgehead atoms. The monoisotopic (exact) mass is 284 g/mol. The number of nitrogens with one attached hydrogen (secondary N) is 2. The van der Waals surface area contributed by atoms with Crippen LogP contribution >= 0.6 is 0 Å². The molecule has 3 nitrogen and oxygen atoms in total. The highest BCUT2D eigenvalue weighted by Gasteiger charge is 2.64. The Balaban J connectivity index is 1.80. The van der Waals surface area contributed by atoms with Crippen LogP contribution in [0.15, 0.2) is 24.3 Å². The van der Waals surface area contributed by atoms with E-state index < -0.39 is 23.5 Å². The van der Waals surface area contributed by atoms with Crippen molar-refractivity contribution in [3.63, 3.8) is 0 Å². The largest absolute Gasteiger partial charge is 0.411 e. The van der Waals surface area contributed by atoms with Crippen LogP contribution in [-0.4, -0.2) is 24.2 Å². The van der Waals surface area contributed by atoms with E-state index in [0.717, 1.165) is 11.1 Å². The molecule has 0 saturated heterocycles. The maximum Gasteiger partial charge on any atom is 0.411 e. The van der Waals surface area contributed by atoms with Crippen LogP contribution in [-0.2, 0) is 11.3 Å². The molecule has 0 aromatic heterocycles. The lowest BCUT2D eigenvalue weighted by atomic mass is 9.90. The number of rotatable bonds is 2. The number of alkyl halides is 3. The molecule has 1 amide bonds. The van der Waals surface area contributed by atoms with Crippen molar-refractivity contribution < 1.29 is 18.0 Å². The molecule has 1 aliphatic heterocycles. The van der Waals surface area contributed by atoms with Crippen LogP contribution in [0.2, 0.25) is 0 Å². The summed E-state index contributed by atoms with van der Waals surface area (Å²) in [6, 6.07) is 7.37. The zero-order valence-corrected chi connectivity index (χ0v) is 10.8. The van der Waals surface area contributed by atoms with Crippen LogP contribution in [0.1, 0.15) is 29.9 Å². The second kappa shape index (κ2) is 4.48. The third-order valence-electron chi connectivity index (χ3n) is 4.07. The van der Waals surface area contributed by atoms with Crippen molar-refractivity contribution in [2.45, 2.75) is 37.0 Å². The minimum absolute atomic E-state index is 0.0238. The fourth-order valence-corrected chi connectivity index (χ4v) is 2.66. The number of hydrogen-bond donors (Lipinski definition) is 2. The van der Waals surface area contributed by atoms with E-state index in [0.29, 0.717) is 13.1 Å². The van der Waals surface area contributed by atoms with Crippen molar-refractivity contribution in [2.75, 3.05) is 6.54 Å². The fourth-order valence-electron chi connectivity index (χ4n) is 2.66. The number of fused-ring (bicyclic) bond motifs is 1. The molecule has 3 rings (SSSR count). The van der Waals surface area contributed by atoms with Gasteiger partial charge in [0.25, 0.3) is 0 Å². The van der Waals surface area contributed by atoms with Gasteiger partial charge in [0.05, 0.1) is 5.92 Å². The number of halogens is 3. The highest BCUT2D eigenvalue weighted by molar-refractivity contribution is 5.85. The summed E-state index contributed by atoms with van der Waals surface area (Å²) >= 11 is 0. The first-order valence-electron chi connectivity index (χ1n) is 6.60. The Bertz CT molecular complexity index is 537. The Morgan fingerprint density at radius 2 is 2.00 bits per heavy atom. The van der Waals surface area contributed by atoms with Crippen LogP contribution < -0.4 is 10.6 Å². The molecule has 0 radical (unpaired) electrons. The Morgan fingerprint density at radius 1 is 1.30 bits per heavy atom. The van der Waals surface area contributed by atoms with E-state index in [1.54, 1.807) is 6.07 Å². The predicted octanol–water partition coefficient (Wildman–Crippen LogP) is 2.08. The smallest absolute Gasteiger partial charge is 0.341 e. The third-order valence-corrected chi connectivity index (χ3v) is 4.07. The molecule has 0 spiro atoms. The van der Waals surface area contributed by atoms with Crippen molar-refractivity contribution in [3.05, 3.63) is 35.4 Å². The van der Waals surface area contributed by atoms with Gasteiger partial charge in [-0.1, -0.05) is 24.3 Å². The molecule has 1 aliphatic carbocycles. The maximum atomic E-state index is 12.9. The molecule has 2 N–H and O–H groups in total. The summed E-state index contributed by atoms with van der Waals surface area (Å²) in [4.78, 5) is 12.2. The summed E-state index contributed by atoms with van der Waals surface area (Å²) in [5, 5.41) is 5.29.